The average Bonchev–Trinajstić information content (AvgIpc) is 3.06. The molecule has 1 N–H and O–H groups in total. The SMILES string of the molecule is COc1ccc(C2/C(=C(\O)c3cc(C)cc(Cl)c3OC)C(=O)C(=O)N2CCN(C)C)cc1OC(C)=O. The molecule has 0 saturated carbocycles. The van der Waals surface area contributed by atoms with Gasteiger partial charge in [-0.15, -0.1) is 0 Å². The van der Waals surface area contributed by atoms with Gasteiger partial charge in [0.25, 0.3) is 11.7 Å². The van der Waals surface area contributed by atoms with Gasteiger partial charge in [-0.3, -0.25) is 14.4 Å². The Kier molecular flexibility index (Phi) is 8.27. The highest BCUT2D eigenvalue weighted by molar-refractivity contribution is 6.46. The average molecular weight is 517 g/mol. The molecule has 1 unspecified atom stereocenters. The fourth-order valence-corrected chi connectivity index (χ4v) is 4.47. The van der Waals surface area contributed by atoms with E-state index in [4.69, 9.17) is 25.8 Å². The van der Waals surface area contributed by atoms with E-state index >= 15 is 0 Å². The number of Topliss-reactive ketones (excluding diaryl/α,β-unsaturated/α-hetero) is 1. The largest absolute Gasteiger partial charge is 0.507 e. The summed E-state index contributed by atoms with van der Waals surface area (Å²) in [5, 5.41) is 11.7. The molecule has 0 aromatic heterocycles. The normalized spacial score (nSPS) is 17.0. The van der Waals surface area contributed by atoms with Crippen LogP contribution in [0.5, 0.6) is 17.2 Å². The van der Waals surface area contributed by atoms with Crippen molar-refractivity contribution in [2.24, 2.45) is 0 Å². The highest BCUT2D eigenvalue weighted by atomic mass is 35.5. The van der Waals surface area contributed by atoms with Crippen molar-refractivity contribution < 1.29 is 33.7 Å². The smallest absolute Gasteiger partial charge is 0.308 e. The Hall–Kier alpha value is -3.56. The molecular weight excluding hydrogens is 488 g/mol. The van der Waals surface area contributed by atoms with Gasteiger partial charge in [0.05, 0.1) is 36.4 Å². The fraction of sp³-hybridized carbons (Fsp3) is 0.346. The van der Waals surface area contributed by atoms with Gasteiger partial charge in [0.2, 0.25) is 0 Å². The van der Waals surface area contributed by atoms with E-state index in [9.17, 15) is 19.5 Å². The van der Waals surface area contributed by atoms with Gasteiger partial charge < -0.3 is 29.1 Å². The molecule has 9 nitrogen and oxygen atoms in total. The lowest BCUT2D eigenvalue weighted by molar-refractivity contribution is -0.140. The van der Waals surface area contributed by atoms with E-state index < -0.39 is 29.5 Å². The molecule has 2 aromatic rings. The Bertz CT molecular complexity index is 1240. The molecule has 36 heavy (non-hydrogen) atoms. The molecular formula is C26H29ClN2O7. The summed E-state index contributed by atoms with van der Waals surface area (Å²) in [7, 11) is 6.52. The van der Waals surface area contributed by atoms with E-state index in [-0.39, 0.29) is 34.2 Å². The maximum atomic E-state index is 13.3. The van der Waals surface area contributed by atoms with Crippen molar-refractivity contribution in [2.45, 2.75) is 19.9 Å². The third kappa shape index (κ3) is 5.32. The predicted octanol–water partition coefficient (Wildman–Crippen LogP) is 3.57. The lowest BCUT2D eigenvalue weighted by Gasteiger charge is -2.27. The van der Waals surface area contributed by atoms with Crippen molar-refractivity contribution in [2.75, 3.05) is 41.4 Å². The van der Waals surface area contributed by atoms with Crippen LogP contribution in [0.1, 0.15) is 29.7 Å². The summed E-state index contributed by atoms with van der Waals surface area (Å²) in [5.74, 6) is -1.99. The van der Waals surface area contributed by atoms with Gasteiger partial charge >= 0.3 is 5.97 Å². The first-order valence-electron chi connectivity index (χ1n) is 11.1. The number of aliphatic hydroxyl groups excluding tert-OH is 1. The van der Waals surface area contributed by atoms with Gasteiger partial charge in [0.15, 0.2) is 11.5 Å². The van der Waals surface area contributed by atoms with Crippen molar-refractivity contribution >= 4 is 35.0 Å². The number of likely N-dealkylation sites (N-methyl/N-ethyl adjacent to an activating group) is 1. The number of rotatable bonds is 8. The van der Waals surface area contributed by atoms with Gasteiger partial charge in [0, 0.05) is 20.0 Å². The topological polar surface area (TPSA) is 106 Å². The van der Waals surface area contributed by atoms with Crippen LogP contribution in [0.25, 0.3) is 5.76 Å². The van der Waals surface area contributed by atoms with Crippen LogP contribution >= 0.6 is 11.6 Å². The van der Waals surface area contributed by atoms with Crippen LogP contribution in [-0.2, 0) is 14.4 Å². The lowest BCUT2D eigenvalue weighted by Crippen LogP contribution is -2.35. The molecule has 1 atom stereocenters. The van der Waals surface area contributed by atoms with E-state index in [1.54, 1.807) is 31.2 Å². The first-order chi connectivity index (χ1) is 17.0. The van der Waals surface area contributed by atoms with Crippen molar-refractivity contribution in [3.8, 4) is 17.2 Å². The summed E-state index contributed by atoms with van der Waals surface area (Å²) < 4.78 is 16.0. The number of methoxy groups -OCH3 is 2. The van der Waals surface area contributed by atoms with Gasteiger partial charge in [-0.2, -0.15) is 0 Å². The summed E-state index contributed by atoms with van der Waals surface area (Å²) in [6.45, 7) is 3.71. The summed E-state index contributed by atoms with van der Waals surface area (Å²) in [6.07, 6.45) is 0. The van der Waals surface area contributed by atoms with E-state index in [0.717, 1.165) is 5.56 Å². The van der Waals surface area contributed by atoms with Crippen molar-refractivity contribution in [3.63, 3.8) is 0 Å². The molecule has 0 radical (unpaired) electrons. The number of benzene rings is 2. The number of amides is 1. The molecule has 1 aliphatic heterocycles. The Morgan fingerprint density at radius 2 is 1.81 bits per heavy atom. The first kappa shape index (κ1) is 27.0. The number of esters is 1. The third-order valence-corrected chi connectivity index (χ3v) is 6.01. The van der Waals surface area contributed by atoms with Crippen LogP contribution in [0.4, 0.5) is 0 Å². The maximum absolute atomic E-state index is 13.3. The Morgan fingerprint density at radius 1 is 1.11 bits per heavy atom. The number of halogens is 1. The van der Waals surface area contributed by atoms with E-state index in [0.29, 0.717) is 17.9 Å². The summed E-state index contributed by atoms with van der Waals surface area (Å²) in [5.41, 5.74) is 1.23. The second kappa shape index (κ2) is 11.0. The standard InChI is InChI=1S/C26H29ClN2O7/c1-14-11-17(25(35-6)18(27)12-14)23(31)21-22(29(10-9-28(3)4)26(33)24(21)32)16-7-8-19(34-5)20(13-16)36-15(2)30/h7-8,11-13,22,31H,9-10H2,1-6H3/b23-21+. The molecule has 1 fully saturated rings. The number of hydrogen-bond donors (Lipinski definition) is 1. The Morgan fingerprint density at radius 3 is 2.39 bits per heavy atom. The van der Waals surface area contributed by atoms with E-state index in [1.807, 2.05) is 19.0 Å². The number of ketones is 1. The molecule has 192 valence electrons. The molecule has 1 amide bonds. The Balaban J connectivity index is 2.29. The van der Waals surface area contributed by atoms with Crippen molar-refractivity contribution in [3.05, 3.63) is 57.6 Å². The van der Waals surface area contributed by atoms with E-state index in [2.05, 4.69) is 0 Å². The number of likely N-dealkylation sites (tertiary alicyclic amines) is 1. The van der Waals surface area contributed by atoms with Crippen LogP contribution in [0.3, 0.4) is 0 Å². The second-order valence-electron chi connectivity index (χ2n) is 8.63. The number of hydrogen-bond acceptors (Lipinski definition) is 8. The van der Waals surface area contributed by atoms with Gasteiger partial charge in [-0.25, -0.2) is 0 Å². The summed E-state index contributed by atoms with van der Waals surface area (Å²) in [4.78, 5) is 41.4. The maximum Gasteiger partial charge on any atom is 0.308 e. The Labute approximate surface area is 214 Å². The number of carbonyl (C=O) groups excluding carboxylic acids is 3. The minimum absolute atomic E-state index is 0.122. The fourth-order valence-electron chi connectivity index (χ4n) is 4.12. The minimum Gasteiger partial charge on any atom is -0.507 e. The monoisotopic (exact) mass is 516 g/mol. The number of ether oxygens (including phenoxy) is 3. The molecule has 3 rings (SSSR count). The highest BCUT2D eigenvalue weighted by Gasteiger charge is 2.46. The van der Waals surface area contributed by atoms with Crippen LogP contribution in [0.2, 0.25) is 5.02 Å². The molecule has 1 saturated heterocycles. The lowest BCUT2D eigenvalue weighted by atomic mass is 9.94. The number of nitrogens with zero attached hydrogens (tertiary/aromatic N) is 2. The highest BCUT2D eigenvalue weighted by Crippen LogP contribution is 2.44. The summed E-state index contributed by atoms with van der Waals surface area (Å²) >= 11 is 6.33. The molecule has 0 aliphatic carbocycles. The molecule has 0 bridgehead atoms. The van der Waals surface area contributed by atoms with Gasteiger partial charge in [-0.05, 0) is 56.4 Å². The first-order valence-corrected chi connectivity index (χ1v) is 11.5. The predicted molar refractivity (Wildman–Crippen MR) is 135 cm³/mol. The van der Waals surface area contributed by atoms with Crippen LogP contribution in [0.15, 0.2) is 35.9 Å². The van der Waals surface area contributed by atoms with Gasteiger partial charge in [0.1, 0.15) is 11.5 Å². The summed E-state index contributed by atoms with van der Waals surface area (Å²) in [6, 6.07) is 7.08. The van der Waals surface area contributed by atoms with Gasteiger partial charge in [-0.1, -0.05) is 17.7 Å². The van der Waals surface area contributed by atoms with Crippen molar-refractivity contribution in [1.29, 1.82) is 0 Å². The zero-order valence-electron chi connectivity index (χ0n) is 21.0. The molecule has 1 heterocycles. The van der Waals surface area contributed by atoms with Crippen molar-refractivity contribution in [1.82, 2.24) is 9.80 Å². The quantitative estimate of drug-likeness (QED) is 0.187. The third-order valence-electron chi connectivity index (χ3n) is 5.73. The minimum atomic E-state index is -0.964. The van der Waals surface area contributed by atoms with Crippen LogP contribution in [0, 0.1) is 6.92 Å². The zero-order valence-corrected chi connectivity index (χ0v) is 21.8. The number of aliphatic hydroxyl groups is 1. The molecule has 0 spiro atoms. The van der Waals surface area contributed by atoms with Crippen LogP contribution in [-0.4, -0.2) is 74.0 Å². The molecule has 10 heteroatoms. The van der Waals surface area contributed by atoms with Crippen LogP contribution < -0.4 is 14.2 Å². The second-order valence-corrected chi connectivity index (χ2v) is 9.03. The molecule has 1 aliphatic rings. The number of carbonyl (C=O) groups is 3. The molecule has 2 aromatic carbocycles. The number of aryl methyl sites for hydroxylation is 1. The van der Waals surface area contributed by atoms with E-state index in [1.165, 1.54) is 32.1 Å². The zero-order chi connectivity index (χ0) is 26.7.